The van der Waals surface area contributed by atoms with E-state index >= 15 is 0 Å². The fraction of sp³-hybridized carbons (Fsp3) is 0.308. The Balaban J connectivity index is 2.18. The van der Waals surface area contributed by atoms with E-state index in [0.29, 0.717) is 21.9 Å². The molecule has 2 aromatic carbocycles. The largest absolute Gasteiger partial charge is 0.611 e. The molecule has 1 aliphatic heterocycles. The van der Waals surface area contributed by atoms with Crippen molar-refractivity contribution < 1.29 is 33.3 Å². The number of benzene rings is 2. The van der Waals surface area contributed by atoms with Gasteiger partial charge in [-0.05, 0) is 61.8 Å². The lowest BCUT2D eigenvalue weighted by Gasteiger charge is -2.31. The first-order chi connectivity index (χ1) is 17.7. The Morgan fingerprint density at radius 2 is 1.65 bits per heavy atom. The number of hydrogen-bond donors (Lipinski definition) is 1. The summed E-state index contributed by atoms with van der Waals surface area (Å²) in [5.41, 5.74) is 0.944. The lowest BCUT2D eigenvalue weighted by molar-refractivity contribution is -0.384. The Labute approximate surface area is 217 Å². The van der Waals surface area contributed by atoms with Crippen LogP contribution in [0.1, 0.15) is 32.3 Å². The summed E-state index contributed by atoms with van der Waals surface area (Å²) < 4.78 is 29.0. The number of nitro groups is 1. The minimum atomic E-state index is -1.59. The van der Waals surface area contributed by atoms with Crippen molar-refractivity contribution in [2.24, 2.45) is 0 Å². The van der Waals surface area contributed by atoms with Crippen molar-refractivity contribution in [3.8, 4) is 5.75 Å². The zero-order chi connectivity index (χ0) is 27.1. The summed E-state index contributed by atoms with van der Waals surface area (Å²) in [7, 11) is 1.53. The molecule has 0 aliphatic carbocycles. The lowest BCUT2D eigenvalue weighted by Crippen LogP contribution is -2.35. The normalized spacial score (nSPS) is 16.1. The summed E-state index contributed by atoms with van der Waals surface area (Å²) in [5, 5.41) is 14.5. The van der Waals surface area contributed by atoms with Gasteiger partial charge >= 0.3 is 11.9 Å². The quantitative estimate of drug-likeness (QED) is 0.211. The Morgan fingerprint density at radius 3 is 2.22 bits per heavy atom. The second kappa shape index (κ2) is 12.4. The van der Waals surface area contributed by atoms with Crippen LogP contribution in [0.5, 0.6) is 5.75 Å². The van der Waals surface area contributed by atoms with Crippen LogP contribution >= 0.6 is 0 Å². The first kappa shape index (κ1) is 27.8. The average Bonchev–Trinajstić information content (AvgIpc) is 2.88. The summed E-state index contributed by atoms with van der Waals surface area (Å²) in [6, 6.07) is 12.4. The molecule has 0 amide bonds. The van der Waals surface area contributed by atoms with Gasteiger partial charge in [0, 0.05) is 17.8 Å². The molecule has 3 rings (SSSR count). The van der Waals surface area contributed by atoms with E-state index in [1.165, 1.54) is 25.3 Å². The van der Waals surface area contributed by atoms with Crippen molar-refractivity contribution in [2.75, 3.05) is 26.1 Å². The SMILES string of the molecule is CCOC(=O)C1=C(C)NC(C[S+]([O-])c2ccc(OC)cc2)=C(C(=O)OCC)C1c1cccc([N+](=O)[O-])c1. The number of hydrogen-bond acceptors (Lipinski definition) is 9. The molecule has 0 radical (unpaired) electrons. The molecule has 196 valence electrons. The maximum atomic E-state index is 13.3. The van der Waals surface area contributed by atoms with Gasteiger partial charge in [-0.1, -0.05) is 12.1 Å². The van der Waals surface area contributed by atoms with Gasteiger partial charge in [0.05, 0.1) is 48.0 Å². The molecule has 10 nitrogen and oxygen atoms in total. The minimum absolute atomic E-state index is 0.0397. The predicted molar refractivity (Wildman–Crippen MR) is 136 cm³/mol. The molecule has 1 N–H and O–H groups in total. The van der Waals surface area contributed by atoms with Crippen molar-refractivity contribution in [3.63, 3.8) is 0 Å². The summed E-state index contributed by atoms with van der Waals surface area (Å²) in [6.45, 7) is 5.06. The molecule has 0 saturated carbocycles. The molecule has 0 bridgehead atoms. The molecule has 11 heteroatoms. The molecule has 0 aromatic heterocycles. The van der Waals surface area contributed by atoms with Crippen molar-refractivity contribution in [3.05, 3.63) is 86.7 Å². The first-order valence-electron chi connectivity index (χ1n) is 11.5. The number of carbonyl (C=O) groups excluding carboxylic acids is 2. The predicted octanol–water partition coefficient (Wildman–Crippen LogP) is 3.75. The van der Waals surface area contributed by atoms with E-state index in [4.69, 9.17) is 14.2 Å². The first-order valence-corrected chi connectivity index (χ1v) is 12.8. The number of methoxy groups -OCH3 is 1. The van der Waals surface area contributed by atoms with Crippen LogP contribution in [0.4, 0.5) is 5.69 Å². The number of nitro benzene ring substituents is 1. The minimum Gasteiger partial charge on any atom is -0.611 e. The summed E-state index contributed by atoms with van der Waals surface area (Å²) in [6.07, 6.45) is 0. The second-order valence-corrected chi connectivity index (χ2v) is 9.40. The number of ether oxygens (including phenoxy) is 3. The topological polar surface area (TPSA) is 140 Å². The number of dihydropyridines is 1. The zero-order valence-electron chi connectivity index (χ0n) is 20.9. The third-order valence-electron chi connectivity index (χ3n) is 5.65. The Bertz CT molecular complexity index is 1240. The maximum Gasteiger partial charge on any atom is 0.336 e. The van der Waals surface area contributed by atoms with Gasteiger partial charge in [0.25, 0.3) is 5.69 Å². The number of nitrogens with zero attached hydrogens (tertiary/aromatic N) is 1. The van der Waals surface area contributed by atoms with E-state index in [1.807, 2.05) is 0 Å². The fourth-order valence-electron chi connectivity index (χ4n) is 4.03. The van der Waals surface area contributed by atoms with Crippen LogP contribution in [0.15, 0.2) is 76.0 Å². The Morgan fingerprint density at radius 1 is 1.03 bits per heavy atom. The third-order valence-corrected chi connectivity index (χ3v) is 7.00. The van der Waals surface area contributed by atoms with Gasteiger partial charge in [-0.3, -0.25) is 10.1 Å². The van der Waals surface area contributed by atoms with Crippen molar-refractivity contribution >= 4 is 28.8 Å². The highest BCUT2D eigenvalue weighted by atomic mass is 32.2. The molecule has 37 heavy (non-hydrogen) atoms. The smallest absolute Gasteiger partial charge is 0.336 e. The lowest BCUT2D eigenvalue weighted by atomic mass is 9.80. The van der Waals surface area contributed by atoms with Crippen molar-refractivity contribution in [1.82, 2.24) is 5.32 Å². The van der Waals surface area contributed by atoms with Gasteiger partial charge in [-0.2, -0.15) is 0 Å². The van der Waals surface area contributed by atoms with E-state index in [2.05, 4.69) is 5.32 Å². The highest BCUT2D eigenvalue weighted by Crippen LogP contribution is 2.41. The number of rotatable bonds is 10. The van der Waals surface area contributed by atoms with Gasteiger partial charge in [0.15, 0.2) is 10.6 Å². The van der Waals surface area contributed by atoms with E-state index in [1.54, 1.807) is 51.1 Å². The summed E-state index contributed by atoms with van der Waals surface area (Å²) in [5.74, 6) is -1.95. The molecular weight excluding hydrogens is 500 g/mol. The van der Waals surface area contributed by atoms with Crippen LogP contribution in [-0.4, -0.2) is 47.5 Å². The van der Waals surface area contributed by atoms with E-state index in [9.17, 15) is 24.3 Å². The summed E-state index contributed by atoms with van der Waals surface area (Å²) >= 11 is -1.59. The summed E-state index contributed by atoms with van der Waals surface area (Å²) in [4.78, 5) is 37.8. The van der Waals surface area contributed by atoms with Crippen LogP contribution in [0, 0.1) is 10.1 Å². The zero-order valence-corrected chi connectivity index (χ0v) is 21.8. The van der Waals surface area contributed by atoms with E-state index in [0.717, 1.165) is 0 Å². The highest BCUT2D eigenvalue weighted by Gasteiger charge is 2.40. The van der Waals surface area contributed by atoms with Gasteiger partial charge in [-0.15, -0.1) is 0 Å². The maximum absolute atomic E-state index is 13.3. The standard InChI is InChI=1S/C26H28N2O8S/c1-5-35-25(29)22-16(3)27-21(15-37(33)20-12-10-19(34-4)11-13-20)24(26(30)36-6-2)23(22)17-8-7-9-18(14-17)28(31)32/h7-14,23,27H,5-6,15H2,1-4H3. The fourth-order valence-corrected chi connectivity index (χ4v) is 5.13. The van der Waals surface area contributed by atoms with Gasteiger partial charge in [0.1, 0.15) is 5.75 Å². The number of carbonyl (C=O) groups is 2. The van der Waals surface area contributed by atoms with Crippen molar-refractivity contribution in [1.29, 1.82) is 0 Å². The average molecular weight is 529 g/mol. The Kier molecular flexibility index (Phi) is 9.31. The number of nitrogens with one attached hydrogen (secondary N) is 1. The van der Waals surface area contributed by atoms with Crippen LogP contribution in [0.3, 0.4) is 0 Å². The highest BCUT2D eigenvalue weighted by molar-refractivity contribution is 7.91. The van der Waals surface area contributed by atoms with Gasteiger partial charge in [0.2, 0.25) is 0 Å². The van der Waals surface area contributed by atoms with Crippen LogP contribution < -0.4 is 10.1 Å². The molecule has 1 aliphatic rings. The molecule has 0 saturated heterocycles. The number of allylic oxidation sites excluding steroid dienone is 1. The van der Waals surface area contributed by atoms with Crippen molar-refractivity contribution in [2.45, 2.75) is 31.6 Å². The van der Waals surface area contributed by atoms with E-state index < -0.39 is 34.0 Å². The molecule has 1 heterocycles. The Hall–Kier alpha value is -3.83. The van der Waals surface area contributed by atoms with Gasteiger partial charge < -0.3 is 24.1 Å². The molecule has 0 spiro atoms. The van der Waals surface area contributed by atoms with Crippen LogP contribution in [0.25, 0.3) is 0 Å². The molecule has 2 aromatic rings. The molecule has 0 fully saturated rings. The molecule has 2 atom stereocenters. The third kappa shape index (κ3) is 6.30. The number of esters is 2. The number of non-ortho nitro benzene ring substituents is 1. The van der Waals surface area contributed by atoms with Crippen LogP contribution in [0.2, 0.25) is 0 Å². The van der Waals surface area contributed by atoms with Crippen LogP contribution in [-0.2, 0) is 30.2 Å². The molecule has 2 unspecified atom stereocenters. The second-order valence-electron chi connectivity index (χ2n) is 7.95. The monoisotopic (exact) mass is 528 g/mol. The van der Waals surface area contributed by atoms with Gasteiger partial charge in [-0.25, -0.2) is 9.59 Å². The van der Waals surface area contributed by atoms with E-state index in [-0.39, 0.29) is 41.5 Å². The molecular formula is C26H28N2O8S.